The summed E-state index contributed by atoms with van der Waals surface area (Å²) in [4.78, 5) is 2.58. The molecule has 2 aliphatic rings. The summed E-state index contributed by atoms with van der Waals surface area (Å²) in [6, 6.07) is 7.70. The van der Waals surface area contributed by atoms with E-state index >= 15 is 0 Å². The fourth-order valence-electron chi connectivity index (χ4n) is 3.47. The molecule has 20 heavy (non-hydrogen) atoms. The molecule has 1 aromatic carbocycles. The van der Waals surface area contributed by atoms with Gasteiger partial charge in [0.05, 0.1) is 8.57 Å². The molecular weight excluding hydrogens is 497 g/mol. The van der Waals surface area contributed by atoms with E-state index in [1.54, 1.807) is 0 Å². The van der Waals surface area contributed by atoms with Crippen molar-refractivity contribution in [2.24, 2.45) is 0 Å². The third-order valence-corrected chi connectivity index (χ3v) is 6.54. The van der Waals surface area contributed by atoms with Crippen LogP contribution in [0.15, 0.2) is 18.2 Å². The van der Waals surface area contributed by atoms with Crippen molar-refractivity contribution in [3.05, 3.63) is 26.8 Å². The van der Waals surface area contributed by atoms with Crippen molar-refractivity contribution in [3.8, 4) is 0 Å². The molecule has 110 valence electrons. The van der Waals surface area contributed by atoms with Gasteiger partial charge in [-0.05, 0) is 60.6 Å². The quantitative estimate of drug-likeness (QED) is 0.327. The van der Waals surface area contributed by atoms with E-state index < -0.39 is 0 Å². The van der Waals surface area contributed by atoms with Gasteiger partial charge in [-0.15, -0.1) is 0 Å². The van der Waals surface area contributed by atoms with Gasteiger partial charge in [0, 0.05) is 27.9 Å². The summed E-state index contributed by atoms with van der Waals surface area (Å²) in [7, 11) is 0. The standard InChI is InChI=1S/C15H19ClI2N2/c1-15(18)9-20(10-6-7-12(17)11(16)8-10)14-5-3-2-4-13(14)19-15/h6-8,13-14,19H,2-5,9H2,1H3/t13-,14+,15?/m0/s1. The average Bonchev–Trinajstić information content (AvgIpc) is 2.40. The Hall–Kier alpha value is 0.730. The van der Waals surface area contributed by atoms with Gasteiger partial charge in [0.25, 0.3) is 0 Å². The predicted octanol–water partition coefficient (Wildman–Crippen LogP) is 4.82. The highest BCUT2D eigenvalue weighted by Crippen LogP contribution is 2.37. The molecule has 5 heteroatoms. The van der Waals surface area contributed by atoms with Crippen molar-refractivity contribution in [2.45, 2.75) is 48.2 Å². The number of rotatable bonds is 1. The van der Waals surface area contributed by atoms with E-state index in [0.29, 0.717) is 12.1 Å². The molecule has 1 saturated carbocycles. The fourth-order valence-corrected chi connectivity index (χ4v) is 4.75. The Morgan fingerprint density at radius 1 is 1.35 bits per heavy atom. The molecule has 0 amide bonds. The molecular formula is C15H19ClI2N2. The van der Waals surface area contributed by atoms with Crippen LogP contribution in [0.25, 0.3) is 0 Å². The normalized spacial score (nSPS) is 33.9. The van der Waals surface area contributed by atoms with Crippen LogP contribution in [0.2, 0.25) is 5.02 Å². The van der Waals surface area contributed by atoms with Crippen LogP contribution in [0.5, 0.6) is 0 Å². The van der Waals surface area contributed by atoms with Crippen molar-refractivity contribution >= 4 is 62.5 Å². The molecule has 2 nitrogen and oxygen atoms in total. The Balaban J connectivity index is 1.93. The molecule has 3 atom stereocenters. The maximum atomic E-state index is 6.33. The van der Waals surface area contributed by atoms with Crippen LogP contribution < -0.4 is 10.2 Å². The zero-order valence-corrected chi connectivity index (χ0v) is 16.6. The lowest BCUT2D eigenvalue weighted by Crippen LogP contribution is -2.66. The first-order chi connectivity index (χ1) is 9.46. The van der Waals surface area contributed by atoms with Gasteiger partial charge >= 0.3 is 0 Å². The first-order valence-electron chi connectivity index (χ1n) is 7.15. The third-order valence-electron chi connectivity index (χ3n) is 4.32. The fraction of sp³-hybridized carbons (Fsp3) is 0.600. The molecule has 0 aromatic heterocycles. The van der Waals surface area contributed by atoms with Gasteiger partial charge in [-0.1, -0.05) is 47.0 Å². The third kappa shape index (κ3) is 3.22. The van der Waals surface area contributed by atoms with Gasteiger partial charge < -0.3 is 4.90 Å². The molecule has 0 bridgehead atoms. The van der Waals surface area contributed by atoms with E-state index in [0.717, 1.165) is 15.1 Å². The van der Waals surface area contributed by atoms with E-state index in [4.69, 9.17) is 11.6 Å². The van der Waals surface area contributed by atoms with Gasteiger partial charge in [0.15, 0.2) is 0 Å². The zero-order valence-electron chi connectivity index (χ0n) is 11.5. The van der Waals surface area contributed by atoms with E-state index in [9.17, 15) is 0 Å². The Kier molecular flexibility index (Phi) is 4.75. The highest BCUT2D eigenvalue weighted by molar-refractivity contribution is 14.1. The lowest BCUT2D eigenvalue weighted by atomic mass is 9.86. The first-order valence-corrected chi connectivity index (χ1v) is 9.68. The number of hydrogen-bond donors (Lipinski definition) is 1. The molecule has 1 heterocycles. The van der Waals surface area contributed by atoms with Gasteiger partial charge in [-0.3, -0.25) is 5.32 Å². The van der Waals surface area contributed by atoms with E-state index in [1.807, 2.05) is 0 Å². The Morgan fingerprint density at radius 2 is 2.10 bits per heavy atom. The van der Waals surface area contributed by atoms with Crippen LogP contribution in [0.3, 0.4) is 0 Å². The number of nitrogens with zero attached hydrogens (tertiary/aromatic N) is 1. The van der Waals surface area contributed by atoms with Gasteiger partial charge in [0.2, 0.25) is 0 Å². The second-order valence-electron chi connectivity index (χ2n) is 6.03. The smallest absolute Gasteiger partial charge is 0.0856 e. The van der Waals surface area contributed by atoms with Crippen LogP contribution >= 0.6 is 56.8 Å². The molecule has 0 radical (unpaired) electrons. The van der Waals surface area contributed by atoms with Gasteiger partial charge in [-0.2, -0.15) is 0 Å². The van der Waals surface area contributed by atoms with Crippen molar-refractivity contribution in [1.82, 2.24) is 5.32 Å². The van der Waals surface area contributed by atoms with Crippen LogP contribution in [0.1, 0.15) is 32.6 Å². The molecule has 0 spiro atoms. The minimum Gasteiger partial charge on any atom is -0.364 e. The number of alkyl halides is 1. The topological polar surface area (TPSA) is 15.3 Å². The average molecular weight is 517 g/mol. The number of benzene rings is 1. The molecule has 1 aliphatic carbocycles. The van der Waals surface area contributed by atoms with Crippen LogP contribution in [-0.2, 0) is 0 Å². The summed E-state index contributed by atoms with van der Waals surface area (Å²) in [6.07, 6.45) is 5.27. The minimum absolute atomic E-state index is 0.131. The zero-order chi connectivity index (χ0) is 14.3. The number of halogens is 3. The van der Waals surface area contributed by atoms with E-state index in [-0.39, 0.29) is 3.55 Å². The van der Waals surface area contributed by atoms with Crippen LogP contribution in [-0.4, -0.2) is 22.2 Å². The lowest BCUT2D eigenvalue weighted by molar-refractivity contribution is 0.245. The number of nitrogens with one attached hydrogen (secondary N) is 1. The van der Waals surface area contributed by atoms with Crippen LogP contribution in [0, 0.1) is 3.57 Å². The second-order valence-corrected chi connectivity index (χ2v) is 9.98. The van der Waals surface area contributed by atoms with Crippen molar-refractivity contribution in [3.63, 3.8) is 0 Å². The summed E-state index contributed by atoms with van der Waals surface area (Å²) in [5.41, 5.74) is 1.27. The summed E-state index contributed by atoms with van der Waals surface area (Å²) in [6.45, 7) is 3.32. The first kappa shape index (κ1) is 15.6. The van der Waals surface area contributed by atoms with Crippen molar-refractivity contribution in [1.29, 1.82) is 0 Å². The Labute approximate surface area is 153 Å². The molecule has 1 N–H and O–H groups in total. The van der Waals surface area contributed by atoms with E-state index in [1.165, 1.54) is 31.4 Å². The van der Waals surface area contributed by atoms with Crippen LogP contribution in [0.4, 0.5) is 5.69 Å². The number of hydrogen-bond acceptors (Lipinski definition) is 2. The van der Waals surface area contributed by atoms with Crippen molar-refractivity contribution < 1.29 is 0 Å². The number of piperazine rings is 1. The lowest BCUT2D eigenvalue weighted by Gasteiger charge is -2.51. The summed E-state index contributed by atoms with van der Waals surface area (Å²) >= 11 is 11.2. The van der Waals surface area contributed by atoms with E-state index in [2.05, 4.69) is 80.5 Å². The SMILES string of the molecule is CC1(I)CN(c2ccc(I)c(Cl)c2)[C@@H]2CCCC[C@@H]2N1. The highest BCUT2D eigenvalue weighted by Gasteiger charge is 2.41. The Morgan fingerprint density at radius 3 is 2.85 bits per heavy atom. The maximum Gasteiger partial charge on any atom is 0.0856 e. The van der Waals surface area contributed by atoms with Gasteiger partial charge in [-0.25, -0.2) is 0 Å². The van der Waals surface area contributed by atoms with Crippen molar-refractivity contribution in [2.75, 3.05) is 11.4 Å². The molecule has 1 saturated heterocycles. The highest BCUT2D eigenvalue weighted by atomic mass is 127. The summed E-state index contributed by atoms with van der Waals surface area (Å²) in [5.74, 6) is 0. The number of anilines is 1. The molecule has 1 aromatic rings. The summed E-state index contributed by atoms with van der Waals surface area (Å²) < 4.78 is 1.26. The maximum absolute atomic E-state index is 6.33. The molecule has 2 fully saturated rings. The molecule has 1 aliphatic heterocycles. The molecule has 3 rings (SSSR count). The van der Waals surface area contributed by atoms with Gasteiger partial charge in [0.1, 0.15) is 0 Å². The summed E-state index contributed by atoms with van der Waals surface area (Å²) in [5, 5.41) is 4.70. The molecule has 1 unspecified atom stereocenters. The Bertz CT molecular complexity index is 507. The second kappa shape index (κ2) is 6.08. The predicted molar refractivity (Wildman–Crippen MR) is 103 cm³/mol. The monoisotopic (exact) mass is 516 g/mol. The minimum atomic E-state index is 0.131. The largest absolute Gasteiger partial charge is 0.364 e. The number of fused-ring (bicyclic) bond motifs is 1.